The highest BCUT2D eigenvalue weighted by atomic mass is 15.0. The molecule has 0 amide bonds. The molecule has 6 aromatic rings. The maximum Gasteiger partial charge on any atom is 0.164 e. The fourth-order valence-electron chi connectivity index (χ4n) is 11.7. The second-order valence-electron chi connectivity index (χ2n) is 16.0. The molecule has 0 radical (unpaired) electrons. The van der Waals surface area contributed by atoms with E-state index in [0.29, 0.717) is 11.8 Å². The van der Waals surface area contributed by atoms with Gasteiger partial charge in [-0.2, -0.15) is 0 Å². The van der Waals surface area contributed by atoms with Gasteiger partial charge in [0, 0.05) is 27.5 Å². The van der Waals surface area contributed by atoms with E-state index in [1.807, 2.05) is 0 Å². The maximum absolute atomic E-state index is 5.51. The summed E-state index contributed by atoms with van der Waals surface area (Å²) in [4.78, 5) is 16.2. The Hall–Kier alpha value is -4.89. The van der Waals surface area contributed by atoms with E-state index >= 15 is 0 Å². The monoisotopic (exact) mass is 633 g/mol. The van der Waals surface area contributed by atoms with Crippen LogP contribution in [0.25, 0.3) is 56.4 Å². The first-order valence-corrected chi connectivity index (χ1v) is 18.3. The normalized spacial score (nSPS) is 26.0. The lowest BCUT2D eigenvalue weighted by Gasteiger charge is -2.61. The molecule has 4 saturated carbocycles. The standard InChI is InChI=1S/C46H39N3/c1-45(2)37-19-8-7-15-34(37)40-35(17-11-21-39(40)45)43-47-42(29-12-4-3-5-13-29)48-44(49-43)36-18-10-16-33-32-14-6-9-20-38(32)46(41(33)36)30-23-27-22-28(25-30)26-31(46)24-27/h3-21,27-28,30-31H,22-26H2,1-2H3. The fourth-order valence-corrected chi connectivity index (χ4v) is 11.7. The van der Waals surface area contributed by atoms with Crippen molar-refractivity contribution in [1.29, 1.82) is 0 Å². The van der Waals surface area contributed by atoms with Crippen LogP contribution in [0.5, 0.6) is 0 Å². The van der Waals surface area contributed by atoms with E-state index in [4.69, 9.17) is 15.0 Å². The third kappa shape index (κ3) is 3.66. The molecule has 1 spiro atoms. The molecule has 0 atom stereocenters. The first kappa shape index (κ1) is 28.0. The summed E-state index contributed by atoms with van der Waals surface area (Å²) >= 11 is 0. The van der Waals surface area contributed by atoms with Gasteiger partial charge in [0.2, 0.25) is 0 Å². The lowest BCUT2D eigenvalue weighted by Crippen LogP contribution is -2.55. The van der Waals surface area contributed by atoms with Gasteiger partial charge in [0.25, 0.3) is 0 Å². The molecule has 0 N–H and O–H groups in total. The van der Waals surface area contributed by atoms with Crippen LogP contribution in [0.15, 0.2) is 115 Å². The zero-order valence-corrected chi connectivity index (χ0v) is 28.2. The smallest absolute Gasteiger partial charge is 0.164 e. The SMILES string of the molecule is CC1(C)c2ccccc2-c2c(-c3nc(-c4ccccc4)nc(-c4cccc5c4C4(c6ccccc6-5)C5CC6CC(C5)CC4C6)n3)cccc21. The topological polar surface area (TPSA) is 38.7 Å². The summed E-state index contributed by atoms with van der Waals surface area (Å²) in [6.45, 7) is 4.68. The van der Waals surface area contributed by atoms with Crippen molar-refractivity contribution in [2.75, 3.05) is 0 Å². The van der Waals surface area contributed by atoms with Crippen molar-refractivity contribution in [3.8, 4) is 56.4 Å². The zero-order valence-electron chi connectivity index (χ0n) is 28.2. The fraction of sp³-hybridized carbons (Fsp3) is 0.283. The quantitative estimate of drug-likeness (QED) is 0.195. The van der Waals surface area contributed by atoms with Gasteiger partial charge in [0.15, 0.2) is 17.5 Å². The van der Waals surface area contributed by atoms with Crippen LogP contribution in [-0.4, -0.2) is 15.0 Å². The van der Waals surface area contributed by atoms with Crippen LogP contribution >= 0.6 is 0 Å². The molecule has 5 aromatic carbocycles. The van der Waals surface area contributed by atoms with Gasteiger partial charge in [0.1, 0.15) is 0 Å². The van der Waals surface area contributed by atoms with E-state index < -0.39 is 0 Å². The van der Waals surface area contributed by atoms with Crippen LogP contribution in [0.1, 0.15) is 68.2 Å². The predicted molar refractivity (Wildman–Crippen MR) is 197 cm³/mol. The molecule has 3 nitrogen and oxygen atoms in total. The second kappa shape index (κ2) is 9.85. The molecule has 4 bridgehead atoms. The molecule has 1 heterocycles. The molecule has 12 rings (SSSR count). The highest BCUT2D eigenvalue weighted by Crippen LogP contribution is 2.70. The number of hydrogen-bond acceptors (Lipinski definition) is 3. The van der Waals surface area contributed by atoms with Crippen molar-refractivity contribution in [2.24, 2.45) is 23.7 Å². The van der Waals surface area contributed by atoms with Crippen molar-refractivity contribution in [3.05, 3.63) is 138 Å². The predicted octanol–water partition coefficient (Wildman–Crippen LogP) is 10.9. The van der Waals surface area contributed by atoms with Gasteiger partial charge in [-0.3, -0.25) is 0 Å². The van der Waals surface area contributed by atoms with Gasteiger partial charge in [-0.25, -0.2) is 15.0 Å². The second-order valence-corrected chi connectivity index (χ2v) is 16.0. The van der Waals surface area contributed by atoms with Gasteiger partial charge in [-0.15, -0.1) is 0 Å². The molecule has 6 aliphatic carbocycles. The number of fused-ring (bicyclic) bond motifs is 6. The molecule has 238 valence electrons. The third-order valence-electron chi connectivity index (χ3n) is 13.3. The Morgan fingerprint density at radius 3 is 1.73 bits per heavy atom. The Bertz CT molecular complexity index is 2310. The summed E-state index contributed by atoms with van der Waals surface area (Å²) in [5.74, 6) is 5.38. The van der Waals surface area contributed by atoms with E-state index in [1.165, 1.54) is 76.6 Å². The van der Waals surface area contributed by atoms with Crippen LogP contribution in [-0.2, 0) is 10.8 Å². The molecule has 6 aliphatic rings. The van der Waals surface area contributed by atoms with Crippen molar-refractivity contribution in [1.82, 2.24) is 15.0 Å². The summed E-state index contributed by atoms with van der Waals surface area (Å²) in [7, 11) is 0. The molecule has 3 heteroatoms. The molecule has 4 fully saturated rings. The largest absolute Gasteiger partial charge is 0.208 e. The number of nitrogens with zero attached hydrogens (tertiary/aromatic N) is 3. The van der Waals surface area contributed by atoms with E-state index in [-0.39, 0.29) is 10.8 Å². The lowest BCUT2D eigenvalue weighted by atomic mass is 9.43. The van der Waals surface area contributed by atoms with E-state index in [2.05, 4.69) is 129 Å². The molecule has 0 saturated heterocycles. The van der Waals surface area contributed by atoms with Gasteiger partial charge in [0.05, 0.1) is 0 Å². The molecule has 49 heavy (non-hydrogen) atoms. The first-order chi connectivity index (χ1) is 24.0. The van der Waals surface area contributed by atoms with Gasteiger partial charge in [-0.05, 0) is 100 Å². The van der Waals surface area contributed by atoms with E-state index in [9.17, 15) is 0 Å². The van der Waals surface area contributed by atoms with Crippen molar-refractivity contribution >= 4 is 0 Å². The maximum atomic E-state index is 5.51. The van der Waals surface area contributed by atoms with Crippen LogP contribution in [0.3, 0.4) is 0 Å². The first-order valence-electron chi connectivity index (χ1n) is 18.3. The van der Waals surface area contributed by atoms with Crippen molar-refractivity contribution in [3.63, 3.8) is 0 Å². The summed E-state index contributed by atoms with van der Waals surface area (Å²) in [5, 5.41) is 0. The van der Waals surface area contributed by atoms with Crippen LogP contribution < -0.4 is 0 Å². The summed E-state index contributed by atoms with van der Waals surface area (Å²) in [5.41, 5.74) is 14.3. The summed E-state index contributed by atoms with van der Waals surface area (Å²) < 4.78 is 0. The Morgan fingerprint density at radius 2 is 0.980 bits per heavy atom. The summed E-state index contributed by atoms with van der Waals surface area (Å²) in [6.07, 6.45) is 6.82. The van der Waals surface area contributed by atoms with Gasteiger partial charge < -0.3 is 0 Å². The Morgan fingerprint density at radius 1 is 0.449 bits per heavy atom. The van der Waals surface area contributed by atoms with Crippen LogP contribution in [0, 0.1) is 23.7 Å². The highest BCUT2D eigenvalue weighted by Gasteiger charge is 2.62. The van der Waals surface area contributed by atoms with Crippen LogP contribution in [0.4, 0.5) is 0 Å². The molecular formula is C46H39N3. The number of hydrogen-bond donors (Lipinski definition) is 0. The third-order valence-corrected chi connectivity index (χ3v) is 13.3. The minimum Gasteiger partial charge on any atom is -0.208 e. The van der Waals surface area contributed by atoms with Gasteiger partial charge >= 0.3 is 0 Å². The Kier molecular flexibility index (Phi) is 5.63. The average Bonchev–Trinajstić information content (AvgIpc) is 3.57. The van der Waals surface area contributed by atoms with E-state index in [0.717, 1.165) is 40.4 Å². The minimum absolute atomic E-state index is 0.0204. The Balaban J connectivity index is 1.19. The van der Waals surface area contributed by atoms with Gasteiger partial charge in [-0.1, -0.05) is 129 Å². The number of rotatable bonds is 3. The average molecular weight is 634 g/mol. The van der Waals surface area contributed by atoms with Crippen LogP contribution in [0.2, 0.25) is 0 Å². The molecule has 0 unspecified atom stereocenters. The highest BCUT2D eigenvalue weighted by molar-refractivity contribution is 5.92. The molecule has 0 aliphatic heterocycles. The zero-order chi connectivity index (χ0) is 32.5. The minimum atomic E-state index is -0.0993. The lowest BCUT2D eigenvalue weighted by molar-refractivity contribution is -0.0397. The van der Waals surface area contributed by atoms with E-state index in [1.54, 1.807) is 5.56 Å². The summed E-state index contributed by atoms with van der Waals surface area (Å²) in [6, 6.07) is 42.3. The van der Waals surface area contributed by atoms with Crippen molar-refractivity contribution in [2.45, 2.75) is 56.8 Å². The number of benzene rings is 5. The Labute approximate surface area is 288 Å². The molecular weight excluding hydrogens is 595 g/mol. The van der Waals surface area contributed by atoms with Crippen molar-refractivity contribution < 1.29 is 0 Å². The number of aromatic nitrogens is 3. The molecule has 1 aromatic heterocycles.